The number of methoxy groups -OCH3 is 1. The second-order valence-electron chi connectivity index (χ2n) is 4.87. The average Bonchev–Trinajstić information content (AvgIpc) is 3.15. The molecule has 2 heterocycles. The van der Waals surface area contributed by atoms with Gasteiger partial charge in [0, 0.05) is 7.05 Å². The van der Waals surface area contributed by atoms with Crippen LogP contribution in [0.4, 0.5) is 11.4 Å². The highest BCUT2D eigenvalue weighted by Crippen LogP contribution is 2.20. The lowest BCUT2D eigenvalue weighted by Gasteiger charge is -2.15. The topological polar surface area (TPSA) is 134 Å². The summed E-state index contributed by atoms with van der Waals surface area (Å²) in [5.74, 6) is -1.12. The molecule has 2 aromatic heterocycles. The SMILES string of the molecule is CCC(C(=O)Nc1cnn(C)c1C(=O)OC)n1cc([N+](=O)[O-])cn1. The van der Waals surface area contributed by atoms with Crippen LogP contribution in [0.15, 0.2) is 18.6 Å². The highest BCUT2D eigenvalue weighted by molar-refractivity contribution is 6.01. The van der Waals surface area contributed by atoms with E-state index in [4.69, 9.17) is 0 Å². The van der Waals surface area contributed by atoms with E-state index in [-0.39, 0.29) is 17.1 Å². The summed E-state index contributed by atoms with van der Waals surface area (Å²) in [7, 11) is 2.76. The summed E-state index contributed by atoms with van der Waals surface area (Å²) in [6.07, 6.45) is 3.92. The number of aryl methyl sites for hydroxylation is 1. The van der Waals surface area contributed by atoms with Crippen LogP contribution < -0.4 is 5.32 Å². The Kier molecular flexibility index (Phi) is 4.92. The van der Waals surface area contributed by atoms with E-state index in [1.165, 1.54) is 35.9 Å². The van der Waals surface area contributed by atoms with Gasteiger partial charge in [-0.15, -0.1) is 0 Å². The Hall–Kier alpha value is -3.24. The van der Waals surface area contributed by atoms with Gasteiger partial charge in [0.2, 0.25) is 5.91 Å². The van der Waals surface area contributed by atoms with Gasteiger partial charge in [0.15, 0.2) is 5.69 Å². The van der Waals surface area contributed by atoms with Crippen LogP contribution in [0.1, 0.15) is 29.9 Å². The summed E-state index contributed by atoms with van der Waals surface area (Å²) in [6, 6.07) is -0.774. The Bertz CT molecular complexity index is 780. The second-order valence-corrected chi connectivity index (χ2v) is 4.87. The lowest BCUT2D eigenvalue weighted by Crippen LogP contribution is -2.26. The number of ether oxygens (including phenoxy) is 1. The number of esters is 1. The summed E-state index contributed by atoms with van der Waals surface area (Å²) in [4.78, 5) is 34.4. The molecular formula is C13H16N6O5. The normalized spacial score (nSPS) is 11.8. The first kappa shape index (κ1) is 17.1. The first-order chi connectivity index (χ1) is 11.4. The van der Waals surface area contributed by atoms with Gasteiger partial charge in [-0.05, 0) is 6.42 Å². The van der Waals surface area contributed by atoms with E-state index in [0.717, 1.165) is 6.20 Å². The molecule has 2 aromatic rings. The van der Waals surface area contributed by atoms with Crippen molar-refractivity contribution in [3.05, 3.63) is 34.4 Å². The molecule has 0 spiro atoms. The van der Waals surface area contributed by atoms with Crippen LogP contribution in [0.2, 0.25) is 0 Å². The lowest BCUT2D eigenvalue weighted by molar-refractivity contribution is -0.385. The molecule has 0 aliphatic carbocycles. The molecule has 0 bridgehead atoms. The summed E-state index contributed by atoms with van der Waals surface area (Å²) >= 11 is 0. The molecule has 1 amide bonds. The maximum Gasteiger partial charge on any atom is 0.358 e. The van der Waals surface area contributed by atoms with Gasteiger partial charge in [-0.1, -0.05) is 6.92 Å². The molecule has 24 heavy (non-hydrogen) atoms. The van der Waals surface area contributed by atoms with Gasteiger partial charge in [0.25, 0.3) is 0 Å². The summed E-state index contributed by atoms with van der Waals surface area (Å²) in [5.41, 5.74) is 0.0690. The Morgan fingerprint density at radius 1 is 1.42 bits per heavy atom. The van der Waals surface area contributed by atoms with E-state index in [0.29, 0.717) is 6.42 Å². The number of nitrogens with one attached hydrogen (secondary N) is 1. The number of amides is 1. The minimum atomic E-state index is -0.774. The van der Waals surface area contributed by atoms with Crippen molar-refractivity contribution < 1.29 is 19.2 Å². The van der Waals surface area contributed by atoms with E-state index in [1.807, 2.05) is 0 Å². The minimum Gasteiger partial charge on any atom is -0.464 e. The van der Waals surface area contributed by atoms with E-state index in [1.54, 1.807) is 6.92 Å². The van der Waals surface area contributed by atoms with Crippen molar-refractivity contribution in [1.29, 1.82) is 0 Å². The predicted molar refractivity (Wildman–Crippen MR) is 81.4 cm³/mol. The first-order valence-corrected chi connectivity index (χ1v) is 6.98. The van der Waals surface area contributed by atoms with Crippen molar-refractivity contribution in [3.63, 3.8) is 0 Å². The molecule has 0 fully saturated rings. The first-order valence-electron chi connectivity index (χ1n) is 6.98. The van der Waals surface area contributed by atoms with Gasteiger partial charge in [0.05, 0.1) is 23.9 Å². The quantitative estimate of drug-likeness (QED) is 0.470. The van der Waals surface area contributed by atoms with E-state index < -0.39 is 22.8 Å². The largest absolute Gasteiger partial charge is 0.464 e. The molecular weight excluding hydrogens is 320 g/mol. The smallest absolute Gasteiger partial charge is 0.358 e. The molecule has 2 rings (SSSR count). The molecule has 0 saturated heterocycles. The molecule has 0 saturated carbocycles. The van der Waals surface area contributed by atoms with Crippen molar-refractivity contribution in [2.45, 2.75) is 19.4 Å². The van der Waals surface area contributed by atoms with E-state index in [2.05, 4.69) is 20.3 Å². The second kappa shape index (κ2) is 6.89. The summed E-state index contributed by atoms with van der Waals surface area (Å²) in [6.45, 7) is 1.74. The Morgan fingerprint density at radius 3 is 2.67 bits per heavy atom. The Balaban J connectivity index is 2.24. The third-order valence-corrected chi connectivity index (χ3v) is 3.38. The maximum absolute atomic E-state index is 12.5. The van der Waals surface area contributed by atoms with Crippen LogP contribution in [-0.2, 0) is 16.6 Å². The molecule has 1 atom stereocenters. The predicted octanol–water partition coefficient (Wildman–Crippen LogP) is 0.901. The molecule has 0 aromatic carbocycles. The van der Waals surface area contributed by atoms with Crippen LogP contribution in [0.25, 0.3) is 0 Å². The van der Waals surface area contributed by atoms with Gasteiger partial charge in [-0.25, -0.2) is 4.79 Å². The van der Waals surface area contributed by atoms with Crippen molar-refractivity contribution in [2.24, 2.45) is 7.05 Å². The molecule has 0 aliphatic heterocycles. The number of anilines is 1. The van der Waals surface area contributed by atoms with Crippen molar-refractivity contribution >= 4 is 23.3 Å². The number of nitro groups is 1. The average molecular weight is 336 g/mol. The maximum atomic E-state index is 12.5. The van der Waals surface area contributed by atoms with Crippen LogP contribution in [0.5, 0.6) is 0 Å². The number of carbonyl (C=O) groups is 2. The molecule has 11 heteroatoms. The number of nitrogens with zero attached hydrogens (tertiary/aromatic N) is 5. The van der Waals surface area contributed by atoms with Crippen LogP contribution >= 0.6 is 0 Å². The zero-order chi connectivity index (χ0) is 17.9. The van der Waals surface area contributed by atoms with Crippen molar-refractivity contribution in [3.8, 4) is 0 Å². The van der Waals surface area contributed by atoms with Gasteiger partial charge >= 0.3 is 11.7 Å². The van der Waals surface area contributed by atoms with Crippen LogP contribution in [0, 0.1) is 10.1 Å². The van der Waals surface area contributed by atoms with Gasteiger partial charge in [-0.2, -0.15) is 10.2 Å². The summed E-state index contributed by atoms with van der Waals surface area (Å²) < 4.78 is 7.14. The molecule has 0 radical (unpaired) electrons. The molecule has 128 valence electrons. The van der Waals surface area contributed by atoms with Crippen LogP contribution in [-0.4, -0.2) is 43.5 Å². The summed E-state index contributed by atoms with van der Waals surface area (Å²) in [5, 5.41) is 21.1. The number of hydrogen-bond donors (Lipinski definition) is 1. The fraction of sp³-hybridized carbons (Fsp3) is 0.385. The third-order valence-electron chi connectivity index (χ3n) is 3.38. The monoisotopic (exact) mass is 336 g/mol. The van der Waals surface area contributed by atoms with Crippen LogP contribution in [0.3, 0.4) is 0 Å². The van der Waals surface area contributed by atoms with Gasteiger partial charge in [0.1, 0.15) is 18.4 Å². The standard InChI is InChI=1S/C13H16N6O5/c1-4-10(18-7-8(5-15-18)19(22)23)12(20)16-9-6-14-17(2)11(9)13(21)24-3/h5-7,10H,4H2,1-3H3,(H,16,20). The van der Waals surface area contributed by atoms with Gasteiger partial charge < -0.3 is 10.1 Å². The third kappa shape index (κ3) is 3.24. The number of carbonyl (C=O) groups excluding carboxylic acids is 2. The molecule has 1 unspecified atom stereocenters. The number of aromatic nitrogens is 4. The minimum absolute atomic E-state index is 0.0900. The molecule has 0 aliphatic rings. The Labute approximate surface area is 136 Å². The lowest BCUT2D eigenvalue weighted by atomic mass is 10.2. The van der Waals surface area contributed by atoms with E-state index in [9.17, 15) is 19.7 Å². The highest BCUT2D eigenvalue weighted by Gasteiger charge is 2.25. The highest BCUT2D eigenvalue weighted by atomic mass is 16.6. The zero-order valence-electron chi connectivity index (χ0n) is 13.3. The molecule has 1 N–H and O–H groups in total. The van der Waals surface area contributed by atoms with Gasteiger partial charge in [-0.3, -0.25) is 24.3 Å². The van der Waals surface area contributed by atoms with Crippen molar-refractivity contribution in [2.75, 3.05) is 12.4 Å². The fourth-order valence-corrected chi connectivity index (χ4v) is 2.17. The van der Waals surface area contributed by atoms with E-state index >= 15 is 0 Å². The van der Waals surface area contributed by atoms with Crippen molar-refractivity contribution in [1.82, 2.24) is 19.6 Å². The zero-order valence-corrected chi connectivity index (χ0v) is 13.3. The molecule has 11 nitrogen and oxygen atoms in total. The Morgan fingerprint density at radius 2 is 2.12 bits per heavy atom. The number of rotatable bonds is 6. The fourth-order valence-electron chi connectivity index (χ4n) is 2.17. The number of hydrogen-bond acceptors (Lipinski definition) is 7.